The Morgan fingerprint density at radius 3 is 1.95 bits per heavy atom. The zero-order chi connectivity index (χ0) is 29.4. The van der Waals surface area contributed by atoms with Gasteiger partial charge in [0.2, 0.25) is 17.7 Å². The van der Waals surface area contributed by atoms with Crippen LogP contribution in [-0.2, 0) is 32.0 Å². The number of benzene rings is 2. The number of carbonyl (C=O) groups is 4. The van der Waals surface area contributed by atoms with Crippen LogP contribution in [0.4, 0.5) is 0 Å². The molecule has 0 radical (unpaired) electrons. The Labute approximate surface area is 233 Å². The van der Waals surface area contributed by atoms with Gasteiger partial charge in [-0.05, 0) is 54.2 Å². The van der Waals surface area contributed by atoms with Gasteiger partial charge in [-0.3, -0.25) is 14.4 Å². The van der Waals surface area contributed by atoms with Crippen molar-refractivity contribution >= 4 is 23.7 Å². The standard InChI is InChI=1S/C29H38N4O7/c1-3-17(2)25(30)27(37)31-22(15-18-6-10-20(34)11-7-18)28(38)33-14-4-5-24(33)26(36)32-23(29(39)40)16-19-8-12-21(35)13-9-19/h6-13,17,22-25,34-35H,3-5,14-16,30H2,1-2H3,(H,31,37)(H,32,36)(H,39,40). The number of nitrogens with two attached hydrogens (primary N) is 1. The molecule has 1 aliphatic heterocycles. The maximum Gasteiger partial charge on any atom is 0.326 e. The summed E-state index contributed by atoms with van der Waals surface area (Å²) in [5, 5.41) is 34.1. The summed E-state index contributed by atoms with van der Waals surface area (Å²) in [6, 6.07) is 8.27. The fraction of sp³-hybridized carbons (Fsp3) is 0.448. The number of aromatic hydroxyl groups is 2. The average molecular weight is 555 g/mol. The highest BCUT2D eigenvalue weighted by Gasteiger charge is 2.39. The van der Waals surface area contributed by atoms with E-state index < -0.39 is 47.9 Å². The van der Waals surface area contributed by atoms with E-state index in [4.69, 9.17) is 5.73 Å². The Kier molecular flexibility index (Phi) is 10.5. The summed E-state index contributed by atoms with van der Waals surface area (Å²) in [5.74, 6) is -2.79. The fourth-order valence-corrected chi connectivity index (χ4v) is 4.69. The van der Waals surface area contributed by atoms with Crippen LogP contribution in [0, 0.1) is 5.92 Å². The molecule has 40 heavy (non-hydrogen) atoms. The lowest BCUT2D eigenvalue weighted by atomic mass is 9.98. The fourth-order valence-electron chi connectivity index (χ4n) is 4.69. The van der Waals surface area contributed by atoms with E-state index in [1.807, 2.05) is 13.8 Å². The normalized spacial score (nSPS) is 17.9. The van der Waals surface area contributed by atoms with Crippen molar-refractivity contribution < 1.29 is 34.5 Å². The zero-order valence-corrected chi connectivity index (χ0v) is 22.7. The summed E-state index contributed by atoms with van der Waals surface area (Å²) in [6.45, 7) is 4.03. The molecule has 5 unspecified atom stereocenters. The lowest BCUT2D eigenvalue weighted by Crippen LogP contribution is -2.58. The van der Waals surface area contributed by atoms with Crippen LogP contribution in [0.1, 0.15) is 44.2 Å². The molecule has 1 fully saturated rings. The smallest absolute Gasteiger partial charge is 0.326 e. The first-order valence-corrected chi connectivity index (χ1v) is 13.5. The van der Waals surface area contributed by atoms with Gasteiger partial charge in [-0.15, -0.1) is 0 Å². The highest BCUT2D eigenvalue weighted by Crippen LogP contribution is 2.21. The number of carboxylic acids is 1. The van der Waals surface area contributed by atoms with Crippen molar-refractivity contribution in [2.45, 2.75) is 70.1 Å². The third kappa shape index (κ3) is 7.95. The van der Waals surface area contributed by atoms with Gasteiger partial charge in [0, 0.05) is 19.4 Å². The van der Waals surface area contributed by atoms with Crippen molar-refractivity contribution in [1.82, 2.24) is 15.5 Å². The Hall–Kier alpha value is -4.12. The number of aliphatic carboxylic acids is 1. The second kappa shape index (κ2) is 13.8. The molecule has 216 valence electrons. The van der Waals surface area contributed by atoms with Crippen molar-refractivity contribution in [2.75, 3.05) is 6.54 Å². The molecule has 7 N–H and O–H groups in total. The molecule has 0 bridgehead atoms. The lowest BCUT2D eigenvalue weighted by molar-refractivity contribution is -0.145. The van der Waals surface area contributed by atoms with Crippen molar-refractivity contribution in [2.24, 2.45) is 11.7 Å². The highest BCUT2D eigenvalue weighted by atomic mass is 16.4. The van der Waals surface area contributed by atoms with E-state index in [1.54, 1.807) is 24.3 Å². The number of phenolic OH excluding ortho intramolecular Hbond substituents is 2. The van der Waals surface area contributed by atoms with Crippen LogP contribution in [0.5, 0.6) is 11.5 Å². The van der Waals surface area contributed by atoms with Crippen molar-refractivity contribution in [3.8, 4) is 11.5 Å². The van der Waals surface area contributed by atoms with Gasteiger partial charge in [-0.1, -0.05) is 44.5 Å². The summed E-state index contributed by atoms with van der Waals surface area (Å²) in [5.41, 5.74) is 7.41. The SMILES string of the molecule is CCC(C)C(N)C(=O)NC(Cc1ccc(O)cc1)C(=O)N1CCCC1C(=O)NC(Cc1ccc(O)cc1)C(=O)O. The van der Waals surface area contributed by atoms with Crippen LogP contribution in [0.15, 0.2) is 48.5 Å². The Morgan fingerprint density at radius 2 is 1.45 bits per heavy atom. The number of phenols is 2. The van der Waals surface area contributed by atoms with Crippen LogP contribution >= 0.6 is 0 Å². The highest BCUT2D eigenvalue weighted by molar-refractivity contribution is 5.94. The minimum absolute atomic E-state index is 0.00490. The van der Waals surface area contributed by atoms with Crippen LogP contribution < -0.4 is 16.4 Å². The van der Waals surface area contributed by atoms with E-state index in [9.17, 15) is 34.5 Å². The number of nitrogens with one attached hydrogen (secondary N) is 2. The summed E-state index contributed by atoms with van der Waals surface area (Å²) in [4.78, 5) is 53.3. The Balaban J connectivity index is 1.77. The van der Waals surface area contributed by atoms with Crippen LogP contribution in [0.2, 0.25) is 0 Å². The molecule has 11 heteroatoms. The topological polar surface area (TPSA) is 182 Å². The van der Waals surface area contributed by atoms with Crippen LogP contribution in [0.3, 0.4) is 0 Å². The number of likely N-dealkylation sites (tertiary alicyclic amines) is 1. The number of hydrogen-bond donors (Lipinski definition) is 6. The van der Waals surface area contributed by atoms with E-state index in [0.717, 1.165) is 0 Å². The second-order valence-electron chi connectivity index (χ2n) is 10.3. The molecule has 1 heterocycles. The van der Waals surface area contributed by atoms with E-state index >= 15 is 0 Å². The first kappa shape index (κ1) is 30.4. The van der Waals surface area contributed by atoms with Crippen molar-refractivity contribution in [1.29, 1.82) is 0 Å². The predicted molar refractivity (Wildman–Crippen MR) is 147 cm³/mol. The summed E-state index contributed by atoms with van der Waals surface area (Å²) in [6.07, 6.45) is 1.66. The summed E-state index contributed by atoms with van der Waals surface area (Å²) in [7, 11) is 0. The number of amides is 3. The number of nitrogens with zero attached hydrogens (tertiary/aromatic N) is 1. The molecule has 0 saturated carbocycles. The zero-order valence-electron chi connectivity index (χ0n) is 22.7. The number of rotatable bonds is 12. The third-order valence-electron chi connectivity index (χ3n) is 7.38. The van der Waals surface area contributed by atoms with Gasteiger partial charge < -0.3 is 36.6 Å². The van der Waals surface area contributed by atoms with Gasteiger partial charge in [-0.2, -0.15) is 0 Å². The van der Waals surface area contributed by atoms with Gasteiger partial charge >= 0.3 is 5.97 Å². The molecule has 1 aliphatic rings. The Bertz CT molecular complexity index is 1190. The molecule has 2 aromatic carbocycles. The van der Waals surface area contributed by atoms with Gasteiger partial charge in [0.25, 0.3) is 0 Å². The van der Waals surface area contributed by atoms with Gasteiger partial charge in [-0.25, -0.2) is 4.79 Å². The van der Waals surface area contributed by atoms with Gasteiger partial charge in [0.05, 0.1) is 6.04 Å². The summed E-state index contributed by atoms with van der Waals surface area (Å²) >= 11 is 0. The van der Waals surface area contributed by atoms with E-state index in [-0.39, 0.29) is 36.8 Å². The lowest BCUT2D eigenvalue weighted by Gasteiger charge is -2.30. The summed E-state index contributed by atoms with van der Waals surface area (Å²) < 4.78 is 0. The quantitative estimate of drug-likeness (QED) is 0.227. The molecule has 3 rings (SSSR count). The molecule has 0 aliphatic carbocycles. The molecule has 1 saturated heterocycles. The molecule has 0 spiro atoms. The molecular weight excluding hydrogens is 516 g/mol. The maximum atomic E-state index is 13.8. The monoisotopic (exact) mass is 554 g/mol. The van der Waals surface area contributed by atoms with Crippen molar-refractivity contribution in [3.63, 3.8) is 0 Å². The third-order valence-corrected chi connectivity index (χ3v) is 7.38. The van der Waals surface area contributed by atoms with E-state index in [0.29, 0.717) is 30.4 Å². The minimum atomic E-state index is -1.24. The van der Waals surface area contributed by atoms with Gasteiger partial charge in [0.1, 0.15) is 29.6 Å². The van der Waals surface area contributed by atoms with Gasteiger partial charge in [0.15, 0.2) is 0 Å². The van der Waals surface area contributed by atoms with E-state index in [2.05, 4.69) is 10.6 Å². The molecule has 0 aromatic heterocycles. The molecule has 3 amide bonds. The Morgan fingerprint density at radius 1 is 0.925 bits per heavy atom. The van der Waals surface area contributed by atoms with E-state index in [1.165, 1.54) is 29.2 Å². The van der Waals surface area contributed by atoms with Crippen molar-refractivity contribution in [3.05, 3.63) is 59.7 Å². The molecule has 11 nitrogen and oxygen atoms in total. The average Bonchev–Trinajstić information content (AvgIpc) is 3.43. The molecular formula is C29H38N4O7. The minimum Gasteiger partial charge on any atom is -0.508 e. The maximum absolute atomic E-state index is 13.8. The number of carbonyl (C=O) groups excluding carboxylic acids is 3. The van der Waals surface area contributed by atoms with Crippen LogP contribution in [-0.4, -0.2) is 74.6 Å². The number of carboxylic acid groups (broad SMARTS) is 1. The predicted octanol–water partition coefficient (Wildman–Crippen LogP) is 1.30. The largest absolute Gasteiger partial charge is 0.508 e. The van der Waals surface area contributed by atoms with Crippen LogP contribution in [0.25, 0.3) is 0 Å². The second-order valence-corrected chi connectivity index (χ2v) is 10.3. The molecule has 2 aromatic rings. The first-order valence-electron chi connectivity index (χ1n) is 13.5. The first-order chi connectivity index (χ1) is 19.0. The molecule has 5 atom stereocenters. The number of hydrogen-bond acceptors (Lipinski definition) is 7.